The maximum absolute atomic E-state index is 6.91. The van der Waals surface area contributed by atoms with Crippen molar-refractivity contribution in [2.45, 2.75) is 26.9 Å². The first-order valence-electron chi connectivity index (χ1n) is 3.09. The van der Waals surface area contributed by atoms with Gasteiger partial charge in [0.2, 0.25) is 0 Å². The minimum Gasteiger partial charge on any atom is -0.379 e. The van der Waals surface area contributed by atoms with Crippen molar-refractivity contribution in [3.05, 3.63) is 0 Å². The van der Waals surface area contributed by atoms with Crippen molar-refractivity contribution >= 4 is 0 Å². The van der Waals surface area contributed by atoms with Gasteiger partial charge in [0, 0.05) is 6.56 Å². The van der Waals surface area contributed by atoms with E-state index in [4.69, 9.17) is 7.48 Å². The van der Waals surface area contributed by atoms with Crippen LogP contribution in [0.4, 0.5) is 0 Å². The Morgan fingerprint density at radius 2 is 2.33 bits per heavy atom. The summed E-state index contributed by atoms with van der Waals surface area (Å²) in [7, 11) is 0. The van der Waals surface area contributed by atoms with Crippen LogP contribution in [0.3, 0.4) is 0 Å². The summed E-state index contributed by atoms with van der Waals surface area (Å²) in [5, 5.41) is 0. The second-order valence-corrected chi connectivity index (χ2v) is 1.37. The Morgan fingerprint density at radius 3 is 2.33 bits per heavy atom. The Labute approximate surface area is 42.1 Å². The molecule has 0 N–H and O–H groups in total. The number of hydrogen-bond acceptors (Lipinski definition) is 1. The molecule has 6 heavy (non-hydrogen) atoms. The second-order valence-electron chi connectivity index (χ2n) is 1.37. The van der Waals surface area contributed by atoms with Crippen molar-refractivity contribution in [2.24, 2.45) is 0 Å². The third-order valence-corrected chi connectivity index (χ3v) is 0.354. The maximum atomic E-state index is 6.91. The summed E-state index contributed by atoms with van der Waals surface area (Å²) in [6.45, 7) is 3.53. The van der Waals surface area contributed by atoms with Gasteiger partial charge in [0.15, 0.2) is 0 Å². The predicted molar refractivity (Wildman–Crippen MR) is 26.8 cm³/mol. The van der Waals surface area contributed by atoms with E-state index < -0.39 is 6.56 Å². The van der Waals surface area contributed by atoms with Crippen molar-refractivity contribution in [3.63, 3.8) is 0 Å². The Hall–Kier alpha value is -0.0400. The highest BCUT2D eigenvalue weighted by atomic mass is 16.5. The minimum absolute atomic E-state index is 0.0324. The monoisotopic (exact) mass is 90.1 g/mol. The lowest BCUT2D eigenvalue weighted by Crippen LogP contribution is -1.99. The minimum atomic E-state index is -1.48. The topological polar surface area (TPSA) is 9.23 Å². The van der Waals surface area contributed by atoms with Crippen molar-refractivity contribution in [3.8, 4) is 0 Å². The van der Waals surface area contributed by atoms with Crippen LogP contribution < -0.4 is 0 Å². The lowest BCUT2D eigenvalue weighted by atomic mass is 10.5. The summed E-state index contributed by atoms with van der Waals surface area (Å²) in [5.74, 6) is 0. The second kappa shape index (κ2) is 3.16. The zero-order chi connectivity index (χ0) is 6.78. The first-order valence-corrected chi connectivity index (χ1v) is 2.09. The van der Waals surface area contributed by atoms with Crippen LogP contribution in [0.15, 0.2) is 0 Å². The van der Waals surface area contributed by atoms with Gasteiger partial charge in [-0.2, -0.15) is 0 Å². The fourth-order valence-electron chi connectivity index (χ4n) is 0.236. The standard InChI is InChI=1S/C5H12O/c1-4-6-5(2)3/h5H,4H2,1-3H3/i4D2. The Kier molecular flexibility index (Phi) is 1.59. The smallest absolute Gasteiger partial charge is 0.0564 e. The van der Waals surface area contributed by atoms with Crippen molar-refractivity contribution in [1.82, 2.24) is 0 Å². The van der Waals surface area contributed by atoms with Crippen LogP contribution in [0.2, 0.25) is 0 Å². The molecule has 0 bridgehead atoms. The van der Waals surface area contributed by atoms with Gasteiger partial charge in [0.25, 0.3) is 0 Å². The highest BCUT2D eigenvalue weighted by Gasteiger charge is 1.83. The summed E-state index contributed by atoms with van der Waals surface area (Å²) in [6.07, 6.45) is -0.0324. The molecule has 0 spiro atoms. The van der Waals surface area contributed by atoms with Crippen LogP contribution in [0, 0.1) is 0 Å². The molecule has 0 heterocycles. The average molecular weight is 90.2 g/mol. The van der Waals surface area contributed by atoms with Crippen LogP contribution >= 0.6 is 0 Å². The van der Waals surface area contributed by atoms with Crippen molar-refractivity contribution < 1.29 is 7.48 Å². The Bertz CT molecular complexity index is 65.3. The number of rotatable bonds is 2. The van der Waals surface area contributed by atoms with Gasteiger partial charge < -0.3 is 4.74 Å². The van der Waals surface area contributed by atoms with E-state index >= 15 is 0 Å². The molecule has 1 heteroatoms. The highest BCUT2D eigenvalue weighted by Crippen LogP contribution is 1.83. The van der Waals surface area contributed by atoms with Crippen LogP contribution in [0.1, 0.15) is 23.5 Å². The molecule has 0 aliphatic rings. The lowest BCUT2D eigenvalue weighted by molar-refractivity contribution is 0.0899. The van der Waals surface area contributed by atoms with Gasteiger partial charge >= 0.3 is 0 Å². The third-order valence-electron chi connectivity index (χ3n) is 0.354. The molecule has 1 nitrogen and oxygen atoms in total. The molecule has 0 saturated heterocycles. The molecule has 38 valence electrons. The normalized spacial score (nSPS) is 17.3. The zero-order valence-electron chi connectivity index (χ0n) is 6.49. The predicted octanol–water partition coefficient (Wildman–Crippen LogP) is 1.43. The first kappa shape index (κ1) is 3.03. The number of hydrogen-bond donors (Lipinski definition) is 0. The molecular formula is C5H12O. The molecule has 0 unspecified atom stereocenters. The van der Waals surface area contributed by atoms with Crippen LogP contribution in [0.25, 0.3) is 0 Å². The highest BCUT2D eigenvalue weighted by molar-refractivity contribution is 4.30. The molecule has 0 radical (unpaired) electrons. The van der Waals surface area contributed by atoms with Crippen molar-refractivity contribution in [2.75, 3.05) is 6.56 Å². The average Bonchev–Trinajstić information content (AvgIpc) is 1.21. The van der Waals surface area contributed by atoms with Gasteiger partial charge in [-0.3, -0.25) is 0 Å². The zero-order valence-corrected chi connectivity index (χ0v) is 4.49. The largest absolute Gasteiger partial charge is 0.379 e. The molecular weight excluding hydrogens is 76.1 g/mol. The maximum Gasteiger partial charge on any atom is 0.0564 e. The SMILES string of the molecule is [2H]C([2H])(C)OC(C)C. The Balaban J connectivity index is 3.39. The van der Waals surface area contributed by atoms with Gasteiger partial charge in [-0.25, -0.2) is 0 Å². The molecule has 0 aromatic carbocycles. The fourth-order valence-corrected chi connectivity index (χ4v) is 0.236. The summed E-state index contributed by atoms with van der Waals surface area (Å²) >= 11 is 0. The van der Waals surface area contributed by atoms with E-state index in [1.165, 1.54) is 6.92 Å². The van der Waals surface area contributed by atoms with E-state index in [1.807, 2.05) is 0 Å². The lowest BCUT2D eigenvalue weighted by Gasteiger charge is -2.00. The molecule has 0 aliphatic heterocycles. The van der Waals surface area contributed by atoms with Crippen LogP contribution in [-0.2, 0) is 4.74 Å². The van der Waals surface area contributed by atoms with Gasteiger partial charge in [-0.15, -0.1) is 0 Å². The van der Waals surface area contributed by atoms with Crippen LogP contribution in [-0.4, -0.2) is 12.7 Å². The van der Waals surface area contributed by atoms with E-state index in [-0.39, 0.29) is 6.10 Å². The number of ether oxygens (including phenoxy) is 1. The molecule has 0 atom stereocenters. The first-order chi connectivity index (χ1) is 3.42. The van der Waals surface area contributed by atoms with Gasteiger partial charge in [0.05, 0.1) is 8.85 Å². The third kappa shape index (κ3) is 3.96. The molecule has 0 amide bonds. The summed E-state index contributed by atoms with van der Waals surface area (Å²) in [5.41, 5.74) is 0. The van der Waals surface area contributed by atoms with Crippen LogP contribution in [0.5, 0.6) is 0 Å². The molecule has 0 fully saturated rings. The van der Waals surface area contributed by atoms with E-state index in [1.54, 1.807) is 13.8 Å². The van der Waals surface area contributed by atoms with Gasteiger partial charge in [0.1, 0.15) is 0 Å². The van der Waals surface area contributed by atoms with Gasteiger partial charge in [-0.1, -0.05) is 0 Å². The summed E-state index contributed by atoms with van der Waals surface area (Å²) < 4.78 is 18.6. The molecule has 0 rings (SSSR count). The fraction of sp³-hybridized carbons (Fsp3) is 1.00. The van der Waals surface area contributed by atoms with E-state index in [0.717, 1.165) is 0 Å². The van der Waals surface area contributed by atoms with Gasteiger partial charge in [-0.05, 0) is 20.8 Å². The molecule has 0 aliphatic carbocycles. The molecule has 0 aromatic rings. The Morgan fingerprint density at radius 1 is 1.83 bits per heavy atom. The molecule has 0 aromatic heterocycles. The summed E-state index contributed by atoms with van der Waals surface area (Å²) in [4.78, 5) is 0. The van der Waals surface area contributed by atoms with E-state index in [9.17, 15) is 0 Å². The van der Waals surface area contributed by atoms with E-state index in [2.05, 4.69) is 0 Å². The molecule has 0 saturated carbocycles. The summed E-state index contributed by atoms with van der Waals surface area (Å²) in [6, 6.07) is 0. The quantitative estimate of drug-likeness (QED) is 0.498. The van der Waals surface area contributed by atoms with E-state index in [0.29, 0.717) is 0 Å². The van der Waals surface area contributed by atoms with Crippen molar-refractivity contribution in [1.29, 1.82) is 0 Å².